The average molecular weight is 452 g/mol. The van der Waals surface area contributed by atoms with E-state index in [9.17, 15) is 15.0 Å². The lowest BCUT2D eigenvalue weighted by molar-refractivity contribution is 0.277. The third-order valence-electron chi connectivity index (χ3n) is 4.70. The van der Waals surface area contributed by atoms with E-state index in [0.717, 1.165) is 16.2 Å². The molecule has 0 aliphatic carbocycles. The summed E-state index contributed by atoms with van der Waals surface area (Å²) in [6.07, 6.45) is 0. The van der Waals surface area contributed by atoms with Crippen molar-refractivity contribution >= 4 is 22.7 Å². The minimum Gasteiger partial charge on any atom is -0.508 e. The van der Waals surface area contributed by atoms with Crippen LogP contribution in [0.25, 0.3) is 11.0 Å². The molecule has 0 bridgehead atoms. The lowest BCUT2D eigenvalue weighted by atomic mass is 10.2. The maximum absolute atomic E-state index is 12.7. The molecule has 3 aromatic carbocycles. The van der Waals surface area contributed by atoms with Crippen LogP contribution in [0.15, 0.2) is 79.9 Å². The van der Waals surface area contributed by atoms with E-state index >= 15 is 0 Å². The number of rotatable bonds is 7. The summed E-state index contributed by atoms with van der Waals surface area (Å²) in [6.45, 7) is 0.206. The van der Waals surface area contributed by atoms with Gasteiger partial charge in [-0.2, -0.15) is 0 Å². The Kier molecular flexibility index (Phi) is 6.13. The fourth-order valence-electron chi connectivity index (χ4n) is 3.11. The number of aromatic hydroxyl groups is 2. The van der Waals surface area contributed by atoms with Gasteiger partial charge in [-0.3, -0.25) is 4.79 Å². The topological polar surface area (TPSA) is 98.4 Å². The molecule has 7 nitrogen and oxygen atoms in total. The van der Waals surface area contributed by atoms with E-state index in [1.54, 1.807) is 31.4 Å². The second-order valence-corrected chi connectivity index (χ2v) is 7.87. The lowest BCUT2D eigenvalue weighted by Gasteiger charge is -2.14. The molecule has 1 aromatic heterocycles. The molecule has 0 aliphatic rings. The van der Waals surface area contributed by atoms with E-state index in [-0.39, 0.29) is 40.6 Å². The van der Waals surface area contributed by atoms with Crippen molar-refractivity contribution in [2.24, 2.45) is 0 Å². The summed E-state index contributed by atoms with van der Waals surface area (Å²) in [5.74, 6) is 0.824. The number of benzene rings is 3. The molecule has 2 N–H and O–H groups in total. The van der Waals surface area contributed by atoms with E-state index in [1.165, 1.54) is 31.0 Å². The highest BCUT2D eigenvalue weighted by atomic mass is 32.2. The van der Waals surface area contributed by atoms with Crippen LogP contribution in [0.1, 0.15) is 5.56 Å². The monoisotopic (exact) mass is 452 g/mol. The average Bonchev–Trinajstić information content (AvgIpc) is 2.79. The van der Waals surface area contributed by atoms with E-state index in [2.05, 4.69) is 0 Å². The van der Waals surface area contributed by atoms with Crippen LogP contribution in [0.4, 0.5) is 0 Å². The molecule has 0 spiro atoms. The third-order valence-corrected chi connectivity index (χ3v) is 5.61. The van der Waals surface area contributed by atoms with E-state index in [1.807, 2.05) is 24.3 Å². The van der Waals surface area contributed by atoms with Gasteiger partial charge in [0.1, 0.15) is 29.1 Å². The van der Waals surface area contributed by atoms with Gasteiger partial charge < -0.3 is 28.8 Å². The van der Waals surface area contributed by atoms with E-state index < -0.39 is 5.43 Å². The van der Waals surface area contributed by atoms with Gasteiger partial charge >= 0.3 is 0 Å². The van der Waals surface area contributed by atoms with Crippen LogP contribution in [0.2, 0.25) is 0 Å². The van der Waals surface area contributed by atoms with Gasteiger partial charge in [-0.05, 0) is 42.0 Å². The molecule has 0 unspecified atom stereocenters. The van der Waals surface area contributed by atoms with Crippen molar-refractivity contribution < 1.29 is 28.8 Å². The first-order valence-electron chi connectivity index (χ1n) is 9.59. The first-order valence-corrected chi connectivity index (χ1v) is 10.4. The summed E-state index contributed by atoms with van der Waals surface area (Å²) in [7, 11) is 2.98. The second kappa shape index (κ2) is 9.15. The van der Waals surface area contributed by atoms with Crippen LogP contribution >= 0.6 is 11.8 Å². The minimum absolute atomic E-state index is 0.00806. The minimum atomic E-state index is -0.412. The van der Waals surface area contributed by atoms with Gasteiger partial charge in [0.15, 0.2) is 22.0 Å². The quantitative estimate of drug-likeness (QED) is 0.406. The maximum Gasteiger partial charge on any atom is 0.204 e. The molecule has 4 rings (SSSR count). The molecule has 0 radical (unpaired) electrons. The van der Waals surface area contributed by atoms with Crippen molar-refractivity contribution in [3.8, 4) is 28.7 Å². The van der Waals surface area contributed by atoms with Crippen molar-refractivity contribution in [1.29, 1.82) is 0 Å². The smallest absolute Gasteiger partial charge is 0.204 e. The highest BCUT2D eigenvalue weighted by Crippen LogP contribution is 2.43. The van der Waals surface area contributed by atoms with Gasteiger partial charge in [-0.15, -0.1) is 0 Å². The van der Waals surface area contributed by atoms with Crippen LogP contribution in [-0.4, -0.2) is 24.4 Å². The zero-order valence-electron chi connectivity index (χ0n) is 17.3. The molecule has 0 fully saturated rings. The van der Waals surface area contributed by atoms with Crippen molar-refractivity contribution in [3.63, 3.8) is 0 Å². The molecule has 0 amide bonds. The Morgan fingerprint density at radius 2 is 1.66 bits per heavy atom. The first kappa shape index (κ1) is 21.5. The summed E-state index contributed by atoms with van der Waals surface area (Å²) in [6, 6.07) is 16.7. The molecule has 0 saturated heterocycles. The van der Waals surface area contributed by atoms with Crippen molar-refractivity contribution in [3.05, 3.63) is 76.5 Å². The Hall–Kier alpha value is -3.78. The second-order valence-electron chi connectivity index (χ2n) is 6.79. The fourth-order valence-corrected chi connectivity index (χ4v) is 3.91. The van der Waals surface area contributed by atoms with Crippen molar-refractivity contribution in [2.45, 2.75) is 16.6 Å². The number of hydrogen-bond donors (Lipinski definition) is 2. The van der Waals surface area contributed by atoms with E-state index in [0.29, 0.717) is 5.09 Å². The van der Waals surface area contributed by atoms with Crippen molar-refractivity contribution in [1.82, 2.24) is 0 Å². The van der Waals surface area contributed by atoms with Gasteiger partial charge in [-0.25, -0.2) is 0 Å². The third kappa shape index (κ3) is 4.45. The molecule has 4 aromatic rings. The number of ether oxygens (including phenoxy) is 3. The lowest BCUT2D eigenvalue weighted by Crippen LogP contribution is -2.03. The number of fused-ring (bicyclic) bond motifs is 1. The van der Waals surface area contributed by atoms with Crippen LogP contribution in [0.3, 0.4) is 0 Å². The van der Waals surface area contributed by atoms with Gasteiger partial charge in [0, 0.05) is 17.0 Å². The Balaban J connectivity index is 1.68. The molecule has 0 saturated carbocycles. The summed E-state index contributed by atoms with van der Waals surface area (Å²) in [5, 5.41) is 20.4. The SMILES string of the molecule is COc1ccc(COc2cc3oc(Sc4ccc(O)cc4)cc(=O)c3c(O)c2OC)cc1. The fraction of sp³-hybridized carbons (Fsp3) is 0.125. The predicted octanol–water partition coefficient (Wildman–Crippen LogP) is 4.95. The zero-order valence-corrected chi connectivity index (χ0v) is 18.1. The predicted molar refractivity (Wildman–Crippen MR) is 120 cm³/mol. The highest BCUT2D eigenvalue weighted by Gasteiger charge is 2.20. The molecule has 0 atom stereocenters. The standard InChI is InChI=1S/C24H20O7S/c1-28-16-7-3-14(4-8-16)13-30-20-12-19-22(23(27)24(20)29-2)18(26)11-21(31-19)32-17-9-5-15(25)6-10-17/h3-12,25,27H,13H2,1-2H3. The largest absolute Gasteiger partial charge is 0.508 e. The normalized spacial score (nSPS) is 10.8. The van der Waals surface area contributed by atoms with Gasteiger partial charge in [-0.1, -0.05) is 23.9 Å². The van der Waals surface area contributed by atoms with Gasteiger partial charge in [0.2, 0.25) is 5.75 Å². The summed E-state index contributed by atoms with van der Waals surface area (Å²) >= 11 is 1.22. The highest BCUT2D eigenvalue weighted by molar-refractivity contribution is 7.99. The van der Waals surface area contributed by atoms with Crippen LogP contribution in [0, 0.1) is 0 Å². The Morgan fingerprint density at radius 3 is 2.31 bits per heavy atom. The zero-order chi connectivity index (χ0) is 22.7. The summed E-state index contributed by atoms with van der Waals surface area (Å²) in [5.41, 5.74) is 0.636. The van der Waals surface area contributed by atoms with Gasteiger partial charge in [0.25, 0.3) is 0 Å². The van der Waals surface area contributed by atoms with Crippen LogP contribution < -0.4 is 19.6 Å². The Bertz CT molecular complexity index is 1300. The molecule has 1 heterocycles. The summed E-state index contributed by atoms with van der Waals surface area (Å²) in [4.78, 5) is 13.5. The molecular weight excluding hydrogens is 432 g/mol. The van der Waals surface area contributed by atoms with Gasteiger partial charge in [0.05, 0.1) is 14.2 Å². The number of methoxy groups -OCH3 is 2. The van der Waals surface area contributed by atoms with Crippen LogP contribution in [0.5, 0.6) is 28.7 Å². The molecule has 0 aliphatic heterocycles. The summed E-state index contributed by atoms with van der Waals surface area (Å²) < 4.78 is 22.2. The first-order chi connectivity index (χ1) is 15.5. The number of phenolic OH excluding ortho intramolecular Hbond substituents is 2. The van der Waals surface area contributed by atoms with Crippen LogP contribution in [-0.2, 0) is 6.61 Å². The number of hydrogen-bond acceptors (Lipinski definition) is 8. The molecule has 32 heavy (non-hydrogen) atoms. The molecule has 8 heteroatoms. The van der Waals surface area contributed by atoms with Crippen molar-refractivity contribution in [2.75, 3.05) is 14.2 Å². The molecule has 164 valence electrons. The Labute approximate surface area is 187 Å². The number of phenols is 2. The maximum atomic E-state index is 12.7. The Morgan fingerprint density at radius 1 is 0.938 bits per heavy atom. The molecular formula is C24H20O7S. The van der Waals surface area contributed by atoms with E-state index in [4.69, 9.17) is 18.6 Å².